The fraction of sp³-hybridized carbons (Fsp3) is 0.273. The second kappa shape index (κ2) is 10.0. The van der Waals surface area contributed by atoms with Gasteiger partial charge in [-0.2, -0.15) is 11.3 Å². The van der Waals surface area contributed by atoms with Crippen molar-refractivity contribution in [1.29, 1.82) is 0 Å². The summed E-state index contributed by atoms with van der Waals surface area (Å²) < 4.78 is 5.98. The quantitative estimate of drug-likeness (QED) is 0.596. The van der Waals surface area contributed by atoms with Gasteiger partial charge in [-0.3, -0.25) is 14.7 Å². The van der Waals surface area contributed by atoms with E-state index in [2.05, 4.69) is 51.2 Å². The summed E-state index contributed by atoms with van der Waals surface area (Å²) in [4.78, 5) is 18.3. The zero-order chi connectivity index (χ0) is 19.8. The normalized spacial score (nSPS) is 12.0. The van der Waals surface area contributed by atoms with Crippen LogP contribution in [0.2, 0.25) is 0 Å². The maximum Gasteiger partial charge on any atom is 0.251 e. The zero-order valence-corrected chi connectivity index (χ0v) is 17.0. The summed E-state index contributed by atoms with van der Waals surface area (Å²) >= 11 is 1.72. The molecule has 0 bridgehead atoms. The topological polar surface area (TPSA) is 54.5 Å². The van der Waals surface area contributed by atoms with Crippen molar-refractivity contribution in [1.82, 2.24) is 15.2 Å². The minimum Gasteiger partial charge on any atom is -0.489 e. The molecule has 3 rings (SSSR count). The first-order valence-corrected chi connectivity index (χ1v) is 10.2. The third-order valence-electron chi connectivity index (χ3n) is 4.21. The highest BCUT2D eigenvalue weighted by molar-refractivity contribution is 7.07. The number of rotatable bonds is 9. The number of thiophene rings is 1. The van der Waals surface area contributed by atoms with Crippen molar-refractivity contribution in [2.45, 2.75) is 26.1 Å². The minimum absolute atomic E-state index is 0.123. The lowest BCUT2D eigenvalue weighted by molar-refractivity contribution is 0.0932. The van der Waals surface area contributed by atoms with E-state index in [0.29, 0.717) is 12.1 Å². The number of pyridine rings is 1. The number of nitrogens with one attached hydrogen (secondary N) is 1. The first kappa shape index (κ1) is 20.0. The molecular formula is C22H25N3O2S. The van der Waals surface area contributed by atoms with Crippen molar-refractivity contribution in [2.24, 2.45) is 0 Å². The molecule has 6 heteroatoms. The molecule has 3 aromatic rings. The van der Waals surface area contributed by atoms with Crippen LogP contribution in [0.5, 0.6) is 5.75 Å². The number of carbonyl (C=O) groups is 1. The largest absolute Gasteiger partial charge is 0.489 e. The Kier molecular flexibility index (Phi) is 7.17. The predicted molar refractivity (Wildman–Crippen MR) is 113 cm³/mol. The Morgan fingerprint density at radius 1 is 1.18 bits per heavy atom. The van der Waals surface area contributed by atoms with Crippen molar-refractivity contribution in [3.05, 3.63) is 82.3 Å². The molecule has 2 aromatic heterocycles. The van der Waals surface area contributed by atoms with Gasteiger partial charge in [-0.25, -0.2) is 0 Å². The van der Waals surface area contributed by atoms with Crippen LogP contribution in [-0.2, 0) is 13.1 Å². The highest BCUT2D eigenvalue weighted by atomic mass is 32.1. The molecule has 0 unspecified atom stereocenters. The van der Waals surface area contributed by atoms with Crippen LogP contribution in [-0.4, -0.2) is 35.5 Å². The Bertz CT molecular complexity index is 869. The van der Waals surface area contributed by atoms with E-state index < -0.39 is 0 Å². The summed E-state index contributed by atoms with van der Waals surface area (Å²) in [5.74, 6) is 0.689. The first-order chi connectivity index (χ1) is 13.6. The van der Waals surface area contributed by atoms with E-state index in [1.54, 1.807) is 35.9 Å². The molecule has 0 fully saturated rings. The molecule has 0 aliphatic carbocycles. The number of hydrogen-bond donors (Lipinski definition) is 1. The van der Waals surface area contributed by atoms with Crippen LogP contribution in [0.4, 0.5) is 0 Å². The van der Waals surface area contributed by atoms with Crippen LogP contribution < -0.4 is 10.1 Å². The summed E-state index contributed by atoms with van der Waals surface area (Å²) in [6.45, 7) is 4.15. The van der Waals surface area contributed by atoms with Gasteiger partial charge < -0.3 is 10.1 Å². The Balaban J connectivity index is 1.48. The van der Waals surface area contributed by atoms with Crippen LogP contribution in [0.3, 0.4) is 0 Å². The zero-order valence-electron chi connectivity index (χ0n) is 16.2. The Hall–Kier alpha value is -2.70. The number of benzene rings is 1. The highest BCUT2D eigenvalue weighted by Gasteiger charge is 2.10. The third kappa shape index (κ3) is 6.18. The summed E-state index contributed by atoms with van der Waals surface area (Å²) in [5, 5.41) is 7.17. The van der Waals surface area contributed by atoms with Gasteiger partial charge in [-0.15, -0.1) is 0 Å². The van der Waals surface area contributed by atoms with Gasteiger partial charge in [0, 0.05) is 31.0 Å². The molecule has 0 spiro atoms. The number of aromatic nitrogens is 1. The van der Waals surface area contributed by atoms with Crippen LogP contribution in [0.1, 0.15) is 28.4 Å². The summed E-state index contributed by atoms with van der Waals surface area (Å²) in [6, 6.07) is 13.7. The van der Waals surface area contributed by atoms with E-state index in [-0.39, 0.29) is 12.0 Å². The first-order valence-electron chi connectivity index (χ1n) is 9.23. The van der Waals surface area contributed by atoms with Crippen LogP contribution in [0, 0.1) is 0 Å². The molecular weight excluding hydrogens is 370 g/mol. The Labute approximate surface area is 170 Å². The van der Waals surface area contributed by atoms with Gasteiger partial charge in [0.15, 0.2) is 0 Å². The second-order valence-corrected chi connectivity index (χ2v) is 7.61. The molecule has 5 nitrogen and oxygen atoms in total. The van der Waals surface area contributed by atoms with Gasteiger partial charge in [0.2, 0.25) is 0 Å². The van der Waals surface area contributed by atoms with E-state index >= 15 is 0 Å². The number of amides is 1. The minimum atomic E-state index is -0.135. The number of nitrogens with zero attached hydrogens (tertiary/aromatic N) is 2. The van der Waals surface area contributed by atoms with Gasteiger partial charge >= 0.3 is 0 Å². The fourth-order valence-corrected chi connectivity index (χ4v) is 3.55. The van der Waals surface area contributed by atoms with E-state index in [1.165, 1.54) is 11.1 Å². The Morgan fingerprint density at radius 3 is 2.71 bits per heavy atom. The van der Waals surface area contributed by atoms with Gasteiger partial charge in [0.05, 0.1) is 6.54 Å². The molecule has 0 saturated heterocycles. The fourth-order valence-electron chi connectivity index (χ4n) is 2.89. The van der Waals surface area contributed by atoms with Crippen molar-refractivity contribution in [3.8, 4) is 5.75 Å². The average molecular weight is 396 g/mol. The van der Waals surface area contributed by atoms with Crippen molar-refractivity contribution in [3.63, 3.8) is 0 Å². The Morgan fingerprint density at radius 2 is 1.96 bits per heavy atom. The van der Waals surface area contributed by atoms with Gasteiger partial charge in [0.1, 0.15) is 11.9 Å². The van der Waals surface area contributed by atoms with E-state index in [0.717, 1.165) is 18.8 Å². The molecule has 1 amide bonds. The average Bonchev–Trinajstić information content (AvgIpc) is 3.20. The lowest BCUT2D eigenvalue weighted by Gasteiger charge is -2.18. The van der Waals surface area contributed by atoms with E-state index in [9.17, 15) is 4.79 Å². The SMILES string of the molecule is C[C@H](CNC(=O)c1ccncc1)Oc1cccc(CN(C)Cc2ccsc2)c1. The van der Waals surface area contributed by atoms with Gasteiger partial charge in [-0.1, -0.05) is 12.1 Å². The van der Waals surface area contributed by atoms with E-state index in [1.807, 2.05) is 19.1 Å². The van der Waals surface area contributed by atoms with Crippen molar-refractivity contribution >= 4 is 17.2 Å². The van der Waals surface area contributed by atoms with Gasteiger partial charge in [0.25, 0.3) is 5.91 Å². The maximum absolute atomic E-state index is 12.1. The third-order valence-corrected chi connectivity index (χ3v) is 4.95. The molecule has 0 radical (unpaired) electrons. The van der Waals surface area contributed by atoms with Gasteiger partial charge in [-0.05, 0) is 66.2 Å². The molecule has 146 valence electrons. The number of carbonyl (C=O) groups excluding carboxylic acids is 1. The second-order valence-electron chi connectivity index (χ2n) is 6.83. The highest BCUT2D eigenvalue weighted by Crippen LogP contribution is 2.17. The van der Waals surface area contributed by atoms with Crippen LogP contribution in [0.25, 0.3) is 0 Å². The molecule has 1 N–H and O–H groups in total. The molecule has 2 heterocycles. The van der Waals surface area contributed by atoms with E-state index in [4.69, 9.17) is 4.74 Å². The molecule has 0 aliphatic rings. The predicted octanol–water partition coefficient (Wildman–Crippen LogP) is 3.97. The lowest BCUT2D eigenvalue weighted by Crippen LogP contribution is -2.33. The molecule has 0 aliphatic heterocycles. The monoisotopic (exact) mass is 395 g/mol. The molecule has 0 saturated carbocycles. The van der Waals surface area contributed by atoms with Crippen molar-refractivity contribution in [2.75, 3.05) is 13.6 Å². The lowest BCUT2D eigenvalue weighted by atomic mass is 10.2. The number of ether oxygens (including phenoxy) is 1. The van der Waals surface area contributed by atoms with Crippen LogP contribution >= 0.6 is 11.3 Å². The number of hydrogen-bond acceptors (Lipinski definition) is 5. The molecule has 1 aromatic carbocycles. The summed E-state index contributed by atoms with van der Waals surface area (Å²) in [6.07, 6.45) is 3.08. The maximum atomic E-state index is 12.1. The summed E-state index contributed by atoms with van der Waals surface area (Å²) in [5.41, 5.74) is 3.12. The molecule has 28 heavy (non-hydrogen) atoms. The van der Waals surface area contributed by atoms with Crippen LogP contribution in [0.15, 0.2) is 65.6 Å². The standard InChI is InChI=1S/C22H25N3O2S/c1-17(13-24-22(26)20-6-9-23-10-7-20)27-21-5-3-4-18(12-21)14-25(2)15-19-8-11-28-16-19/h3-12,16-17H,13-15H2,1-2H3,(H,24,26)/t17-/m1/s1. The van der Waals surface area contributed by atoms with Crippen molar-refractivity contribution < 1.29 is 9.53 Å². The smallest absolute Gasteiger partial charge is 0.251 e. The summed E-state index contributed by atoms with van der Waals surface area (Å²) in [7, 11) is 2.11. The molecule has 1 atom stereocenters.